The van der Waals surface area contributed by atoms with E-state index in [1.165, 1.54) is 4.90 Å². The first-order valence-electron chi connectivity index (χ1n) is 6.15. The highest BCUT2D eigenvalue weighted by molar-refractivity contribution is 5.92. The van der Waals surface area contributed by atoms with Gasteiger partial charge in [0.15, 0.2) is 0 Å². The molecule has 0 aliphatic rings. The molecule has 106 valence electrons. The molecule has 0 saturated carbocycles. The van der Waals surface area contributed by atoms with E-state index in [4.69, 9.17) is 10.4 Å². The normalized spacial score (nSPS) is 9.95. The molecule has 0 radical (unpaired) electrons. The number of hydrogen-bond acceptors (Lipinski definition) is 3. The summed E-state index contributed by atoms with van der Waals surface area (Å²) in [7, 11) is 0. The van der Waals surface area contributed by atoms with Crippen LogP contribution in [0.15, 0.2) is 18.2 Å². The molecule has 0 aliphatic carbocycles. The third kappa shape index (κ3) is 3.99. The Morgan fingerprint density at radius 2 is 2.10 bits per heavy atom. The summed E-state index contributed by atoms with van der Waals surface area (Å²) < 4.78 is 0. The van der Waals surface area contributed by atoms with Crippen molar-refractivity contribution in [2.75, 3.05) is 11.9 Å². The maximum absolute atomic E-state index is 12.1. The van der Waals surface area contributed by atoms with E-state index in [0.717, 1.165) is 5.56 Å². The Hall–Kier alpha value is -2.55. The number of aliphatic carboxylic acids is 1. The number of nitrogens with zero attached hydrogens (tertiary/aromatic N) is 2. The molecule has 6 nitrogen and oxygen atoms in total. The van der Waals surface area contributed by atoms with E-state index in [2.05, 4.69) is 5.32 Å². The van der Waals surface area contributed by atoms with Gasteiger partial charge in [-0.25, -0.2) is 4.79 Å². The van der Waals surface area contributed by atoms with Gasteiger partial charge in [-0.1, -0.05) is 6.07 Å². The fourth-order valence-corrected chi connectivity index (χ4v) is 1.65. The van der Waals surface area contributed by atoms with Gasteiger partial charge in [0.25, 0.3) is 0 Å². The number of carboxylic acid groups (broad SMARTS) is 1. The number of carboxylic acids is 1. The number of urea groups is 1. The maximum atomic E-state index is 12.1. The second-order valence-electron chi connectivity index (χ2n) is 4.69. The SMILES string of the molecule is Cc1ccc(C#N)cc1NC(=O)N(CC(=O)O)C(C)C. The van der Waals surface area contributed by atoms with Crippen LogP contribution in [0, 0.1) is 18.3 Å². The number of hydrogen-bond donors (Lipinski definition) is 2. The van der Waals surface area contributed by atoms with Crippen molar-refractivity contribution in [2.45, 2.75) is 26.8 Å². The molecule has 0 heterocycles. The van der Waals surface area contributed by atoms with Gasteiger partial charge in [-0.05, 0) is 38.5 Å². The second-order valence-corrected chi connectivity index (χ2v) is 4.69. The summed E-state index contributed by atoms with van der Waals surface area (Å²) in [5.74, 6) is -1.07. The monoisotopic (exact) mass is 275 g/mol. The van der Waals surface area contributed by atoms with Gasteiger partial charge in [0.2, 0.25) is 0 Å². The van der Waals surface area contributed by atoms with Gasteiger partial charge in [-0.3, -0.25) is 4.79 Å². The van der Waals surface area contributed by atoms with Crippen molar-refractivity contribution >= 4 is 17.7 Å². The molecule has 0 spiro atoms. The molecule has 6 heteroatoms. The first kappa shape index (κ1) is 15.5. The average molecular weight is 275 g/mol. The van der Waals surface area contributed by atoms with E-state index in [-0.39, 0.29) is 12.6 Å². The van der Waals surface area contributed by atoms with Gasteiger partial charge in [0, 0.05) is 11.7 Å². The lowest BCUT2D eigenvalue weighted by atomic mass is 10.1. The number of carbonyl (C=O) groups excluding carboxylic acids is 1. The lowest BCUT2D eigenvalue weighted by molar-refractivity contribution is -0.137. The molecule has 0 fully saturated rings. The minimum absolute atomic E-state index is 0.245. The van der Waals surface area contributed by atoms with Gasteiger partial charge in [-0.15, -0.1) is 0 Å². The summed E-state index contributed by atoms with van der Waals surface area (Å²) in [5.41, 5.74) is 1.74. The molecule has 20 heavy (non-hydrogen) atoms. The van der Waals surface area contributed by atoms with Crippen molar-refractivity contribution in [3.63, 3.8) is 0 Å². The molecule has 1 aromatic carbocycles. The fourth-order valence-electron chi connectivity index (χ4n) is 1.65. The van der Waals surface area contributed by atoms with Gasteiger partial charge in [0.05, 0.1) is 11.6 Å². The highest BCUT2D eigenvalue weighted by atomic mass is 16.4. The molecule has 0 aromatic heterocycles. The average Bonchev–Trinajstić information content (AvgIpc) is 2.37. The summed E-state index contributed by atoms with van der Waals surface area (Å²) in [6, 6.07) is 6.19. The van der Waals surface area contributed by atoms with E-state index in [1.807, 2.05) is 6.07 Å². The van der Waals surface area contributed by atoms with Crippen LogP contribution in [0.2, 0.25) is 0 Å². The summed E-state index contributed by atoms with van der Waals surface area (Å²) >= 11 is 0. The van der Waals surface area contributed by atoms with Crippen LogP contribution in [0.4, 0.5) is 10.5 Å². The Balaban J connectivity index is 2.93. The van der Waals surface area contributed by atoms with Crippen LogP contribution in [0.1, 0.15) is 25.0 Å². The zero-order chi connectivity index (χ0) is 15.3. The van der Waals surface area contributed by atoms with Crippen LogP contribution in [-0.4, -0.2) is 34.6 Å². The van der Waals surface area contributed by atoms with Crippen LogP contribution in [0.3, 0.4) is 0 Å². The highest BCUT2D eigenvalue weighted by Gasteiger charge is 2.20. The summed E-state index contributed by atoms with van der Waals surface area (Å²) in [4.78, 5) is 24.1. The molecule has 0 saturated heterocycles. The quantitative estimate of drug-likeness (QED) is 0.880. The van der Waals surface area contributed by atoms with Gasteiger partial charge >= 0.3 is 12.0 Å². The third-order valence-electron chi connectivity index (χ3n) is 2.80. The van der Waals surface area contributed by atoms with Crippen molar-refractivity contribution in [2.24, 2.45) is 0 Å². The number of amides is 2. The molecule has 1 aromatic rings. The maximum Gasteiger partial charge on any atom is 0.323 e. The molecular weight excluding hydrogens is 258 g/mol. The number of rotatable bonds is 4. The summed E-state index contributed by atoms with van der Waals surface area (Å²) in [5, 5.41) is 20.3. The molecule has 1 rings (SSSR count). The first-order valence-corrected chi connectivity index (χ1v) is 6.15. The van der Waals surface area contributed by atoms with Crippen LogP contribution >= 0.6 is 0 Å². The van der Waals surface area contributed by atoms with Crippen LogP contribution in [-0.2, 0) is 4.79 Å². The Morgan fingerprint density at radius 3 is 2.60 bits per heavy atom. The molecular formula is C14H17N3O3. The zero-order valence-electron chi connectivity index (χ0n) is 11.7. The number of anilines is 1. The van der Waals surface area contributed by atoms with Crippen molar-refractivity contribution in [1.82, 2.24) is 4.90 Å². The molecule has 0 atom stereocenters. The van der Waals surface area contributed by atoms with Crippen LogP contribution in [0.5, 0.6) is 0 Å². The summed E-state index contributed by atoms with van der Waals surface area (Å²) in [6.45, 7) is 4.90. The Labute approximate surface area is 117 Å². The van der Waals surface area contributed by atoms with Crippen LogP contribution < -0.4 is 5.32 Å². The number of nitrogens with one attached hydrogen (secondary N) is 1. The van der Waals surface area contributed by atoms with Gasteiger partial charge in [-0.2, -0.15) is 5.26 Å². The Morgan fingerprint density at radius 1 is 1.45 bits per heavy atom. The largest absolute Gasteiger partial charge is 0.480 e. The minimum atomic E-state index is -1.07. The summed E-state index contributed by atoms with van der Waals surface area (Å²) in [6.07, 6.45) is 0. The molecule has 2 N–H and O–H groups in total. The van der Waals surface area contributed by atoms with E-state index in [1.54, 1.807) is 39.0 Å². The Kier molecular flexibility index (Phi) is 5.09. The van der Waals surface area contributed by atoms with Crippen molar-refractivity contribution in [3.8, 4) is 6.07 Å². The van der Waals surface area contributed by atoms with Crippen molar-refractivity contribution in [1.29, 1.82) is 5.26 Å². The fraction of sp³-hybridized carbons (Fsp3) is 0.357. The predicted molar refractivity (Wildman–Crippen MR) is 74.4 cm³/mol. The zero-order valence-corrected chi connectivity index (χ0v) is 11.7. The van der Waals surface area contributed by atoms with Gasteiger partial charge < -0.3 is 15.3 Å². The smallest absolute Gasteiger partial charge is 0.323 e. The number of aryl methyl sites for hydroxylation is 1. The number of benzene rings is 1. The standard InChI is InChI=1S/C14H17N3O3/c1-9(2)17(8-13(18)19)14(20)16-12-6-11(7-15)5-4-10(12)3/h4-6,9H,8H2,1-3H3,(H,16,20)(H,18,19). The minimum Gasteiger partial charge on any atom is -0.480 e. The van der Waals surface area contributed by atoms with Crippen LogP contribution in [0.25, 0.3) is 0 Å². The topological polar surface area (TPSA) is 93.4 Å². The third-order valence-corrected chi connectivity index (χ3v) is 2.80. The molecule has 0 aliphatic heterocycles. The van der Waals surface area contributed by atoms with E-state index < -0.39 is 12.0 Å². The van der Waals surface area contributed by atoms with Crippen molar-refractivity contribution in [3.05, 3.63) is 29.3 Å². The van der Waals surface area contributed by atoms with E-state index in [9.17, 15) is 9.59 Å². The first-order chi connectivity index (χ1) is 9.35. The van der Waals surface area contributed by atoms with E-state index in [0.29, 0.717) is 11.3 Å². The van der Waals surface area contributed by atoms with E-state index >= 15 is 0 Å². The molecule has 0 bridgehead atoms. The van der Waals surface area contributed by atoms with Crippen molar-refractivity contribution < 1.29 is 14.7 Å². The highest BCUT2D eigenvalue weighted by Crippen LogP contribution is 2.17. The number of carbonyl (C=O) groups is 2. The lowest BCUT2D eigenvalue weighted by Crippen LogP contribution is -2.43. The molecule has 0 unspecified atom stereocenters. The predicted octanol–water partition coefficient (Wildman–Crippen LogP) is 2.19. The molecule has 2 amide bonds. The lowest BCUT2D eigenvalue weighted by Gasteiger charge is -2.25. The van der Waals surface area contributed by atoms with Gasteiger partial charge in [0.1, 0.15) is 6.54 Å². The second kappa shape index (κ2) is 6.57. The number of nitriles is 1. The Bertz CT molecular complexity index is 561.